The first-order valence-electron chi connectivity index (χ1n) is 5.23. The fourth-order valence-corrected chi connectivity index (χ4v) is 1.24. The molecular formula is C13H16N2. The Kier molecular flexibility index (Phi) is 5.09. The molecule has 0 atom stereocenters. The lowest BCUT2D eigenvalue weighted by atomic mass is 10.1. The van der Waals surface area contributed by atoms with Crippen molar-refractivity contribution in [3.05, 3.63) is 60.2 Å². The lowest BCUT2D eigenvalue weighted by molar-refractivity contribution is 1.12. The Morgan fingerprint density at radius 3 is 1.67 bits per heavy atom. The van der Waals surface area contributed by atoms with Crippen LogP contribution in [-0.4, -0.2) is 9.97 Å². The van der Waals surface area contributed by atoms with Crippen molar-refractivity contribution < 1.29 is 0 Å². The summed E-state index contributed by atoms with van der Waals surface area (Å²) >= 11 is 0. The van der Waals surface area contributed by atoms with Gasteiger partial charge >= 0.3 is 0 Å². The number of hydrogen-bond donors (Lipinski definition) is 0. The van der Waals surface area contributed by atoms with Gasteiger partial charge in [-0.3, -0.25) is 9.97 Å². The quantitative estimate of drug-likeness (QED) is 0.744. The van der Waals surface area contributed by atoms with E-state index in [-0.39, 0.29) is 0 Å². The zero-order chi connectivity index (χ0) is 10.9. The summed E-state index contributed by atoms with van der Waals surface area (Å²) in [5.74, 6) is 0. The highest BCUT2D eigenvalue weighted by Crippen LogP contribution is 2.05. The van der Waals surface area contributed by atoms with Gasteiger partial charge in [-0.05, 0) is 23.3 Å². The van der Waals surface area contributed by atoms with E-state index in [1.807, 2.05) is 38.4 Å². The normalized spacial score (nSPS) is 8.93. The van der Waals surface area contributed by atoms with Gasteiger partial charge in [-0.15, -0.1) is 0 Å². The number of rotatable bonds is 2. The third-order valence-corrected chi connectivity index (χ3v) is 1.85. The van der Waals surface area contributed by atoms with Crippen LogP contribution < -0.4 is 0 Å². The van der Waals surface area contributed by atoms with E-state index in [4.69, 9.17) is 0 Å². The van der Waals surface area contributed by atoms with Crippen LogP contribution in [0.4, 0.5) is 0 Å². The molecule has 0 aliphatic carbocycles. The molecule has 0 fully saturated rings. The minimum absolute atomic E-state index is 0.904. The van der Waals surface area contributed by atoms with Gasteiger partial charge in [-0.25, -0.2) is 0 Å². The fraction of sp³-hybridized carbons (Fsp3) is 0.231. The van der Waals surface area contributed by atoms with Crippen LogP contribution in [0.5, 0.6) is 0 Å². The summed E-state index contributed by atoms with van der Waals surface area (Å²) in [6.45, 7) is 4.00. The van der Waals surface area contributed by atoms with Gasteiger partial charge in [-0.2, -0.15) is 0 Å². The third kappa shape index (κ3) is 3.90. The maximum atomic E-state index is 4.06. The standard InChI is InChI=1S/C11H10N2.C2H6/c1-3-10(8-12-5-1)7-11-4-2-6-13-9-11;1-2/h1-6,8-9H,7H2;1-2H3. The number of hydrogen-bond acceptors (Lipinski definition) is 2. The maximum Gasteiger partial charge on any atom is 0.0303 e. The molecule has 0 aliphatic rings. The van der Waals surface area contributed by atoms with Gasteiger partial charge in [0, 0.05) is 31.2 Å². The summed E-state index contributed by atoms with van der Waals surface area (Å²) < 4.78 is 0. The van der Waals surface area contributed by atoms with E-state index in [1.54, 1.807) is 12.4 Å². The van der Waals surface area contributed by atoms with Gasteiger partial charge < -0.3 is 0 Å². The molecule has 2 aromatic rings. The average Bonchev–Trinajstić information content (AvgIpc) is 2.34. The minimum atomic E-state index is 0.904. The third-order valence-electron chi connectivity index (χ3n) is 1.85. The molecule has 0 bridgehead atoms. The minimum Gasteiger partial charge on any atom is -0.264 e. The first-order chi connectivity index (χ1) is 7.45. The van der Waals surface area contributed by atoms with E-state index >= 15 is 0 Å². The van der Waals surface area contributed by atoms with E-state index in [0.717, 1.165) is 6.42 Å². The predicted molar refractivity (Wildman–Crippen MR) is 62.6 cm³/mol. The molecule has 78 valence electrons. The van der Waals surface area contributed by atoms with Crippen molar-refractivity contribution in [2.75, 3.05) is 0 Å². The fourth-order valence-electron chi connectivity index (χ4n) is 1.24. The highest BCUT2D eigenvalue weighted by Gasteiger charge is 1.94. The molecule has 0 aromatic carbocycles. The zero-order valence-corrected chi connectivity index (χ0v) is 9.22. The van der Waals surface area contributed by atoms with Gasteiger partial charge in [0.05, 0.1) is 0 Å². The second-order valence-corrected chi connectivity index (χ2v) is 2.90. The van der Waals surface area contributed by atoms with Crippen molar-refractivity contribution in [1.29, 1.82) is 0 Å². The lowest BCUT2D eigenvalue weighted by Gasteiger charge is -1.98. The molecular weight excluding hydrogens is 184 g/mol. The SMILES string of the molecule is CC.c1cncc(Cc2cccnc2)c1. The molecule has 2 aromatic heterocycles. The molecule has 0 radical (unpaired) electrons. The molecule has 0 amide bonds. The first-order valence-corrected chi connectivity index (χ1v) is 5.23. The maximum absolute atomic E-state index is 4.06. The van der Waals surface area contributed by atoms with E-state index in [2.05, 4.69) is 22.1 Å². The van der Waals surface area contributed by atoms with Crippen LogP contribution in [0.3, 0.4) is 0 Å². The Morgan fingerprint density at radius 2 is 1.33 bits per heavy atom. The Labute approximate surface area is 91.0 Å². The van der Waals surface area contributed by atoms with Gasteiger partial charge in [0.25, 0.3) is 0 Å². The van der Waals surface area contributed by atoms with Gasteiger partial charge in [0.2, 0.25) is 0 Å². The van der Waals surface area contributed by atoms with Gasteiger partial charge in [0.15, 0.2) is 0 Å². The highest BCUT2D eigenvalue weighted by atomic mass is 14.6. The molecule has 15 heavy (non-hydrogen) atoms. The molecule has 2 heterocycles. The van der Waals surface area contributed by atoms with E-state index in [1.165, 1.54) is 11.1 Å². The number of aromatic nitrogens is 2. The predicted octanol–water partition coefficient (Wildman–Crippen LogP) is 3.09. The molecule has 0 saturated heterocycles. The molecule has 0 spiro atoms. The summed E-state index contributed by atoms with van der Waals surface area (Å²) in [7, 11) is 0. The largest absolute Gasteiger partial charge is 0.264 e. The molecule has 0 aliphatic heterocycles. The van der Waals surface area contributed by atoms with Crippen molar-refractivity contribution in [1.82, 2.24) is 9.97 Å². The van der Waals surface area contributed by atoms with Crippen LogP contribution >= 0.6 is 0 Å². The van der Waals surface area contributed by atoms with Crippen molar-refractivity contribution in [2.24, 2.45) is 0 Å². The molecule has 0 N–H and O–H groups in total. The van der Waals surface area contributed by atoms with Crippen molar-refractivity contribution in [3.63, 3.8) is 0 Å². The van der Waals surface area contributed by atoms with E-state index in [0.29, 0.717) is 0 Å². The van der Waals surface area contributed by atoms with Crippen LogP contribution in [0.2, 0.25) is 0 Å². The van der Waals surface area contributed by atoms with Crippen molar-refractivity contribution in [3.8, 4) is 0 Å². The topological polar surface area (TPSA) is 25.8 Å². The molecule has 2 nitrogen and oxygen atoms in total. The smallest absolute Gasteiger partial charge is 0.0303 e. The Balaban J connectivity index is 0.000000531. The summed E-state index contributed by atoms with van der Waals surface area (Å²) in [5, 5.41) is 0. The first kappa shape index (κ1) is 11.4. The summed E-state index contributed by atoms with van der Waals surface area (Å²) in [6, 6.07) is 8.04. The Bertz CT molecular complexity index is 319. The van der Waals surface area contributed by atoms with Crippen molar-refractivity contribution >= 4 is 0 Å². The number of pyridine rings is 2. The second kappa shape index (κ2) is 6.71. The molecule has 2 heteroatoms. The van der Waals surface area contributed by atoms with Crippen molar-refractivity contribution in [2.45, 2.75) is 20.3 Å². The van der Waals surface area contributed by atoms with E-state index < -0.39 is 0 Å². The number of nitrogens with zero attached hydrogens (tertiary/aromatic N) is 2. The summed E-state index contributed by atoms with van der Waals surface area (Å²) in [6.07, 6.45) is 8.24. The Hall–Kier alpha value is -1.70. The molecule has 0 saturated carbocycles. The van der Waals surface area contributed by atoms with Crippen LogP contribution in [-0.2, 0) is 6.42 Å². The Morgan fingerprint density at radius 1 is 0.867 bits per heavy atom. The lowest BCUT2D eigenvalue weighted by Crippen LogP contribution is -1.88. The van der Waals surface area contributed by atoms with E-state index in [9.17, 15) is 0 Å². The molecule has 2 rings (SSSR count). The zero-order valence-electron chi connectivity index (χ0n) is 9.22. The van der Waals surface area contributed by atoms with Gasteiger partial charge in [0.1, 0.15) is 0 Å². The van der Waals surface area contributed by atoms with Crippen LogP contribution in [0.1, 0.15) is 25.0 Å². The second-order valence-electron chi connectivity index (χ2n) is 2.90. The molecule has 0 unspecified atom stereocenters. The van der Waals surface area contributed by atoms with Crippen LogP contribution in [0, 0.1) is 0 Å². The average molecular weight is 200 g/mol. The van der Waals surface area contributed by atoms with Crippen LogP contribution in [0.15, 0.2) is 49.1 Å². The van der Waals surface area contributed by atoms with Gasteiger partial charge in [-0.1, -0.05) is 26.0 Å². The monoisotopic (exact) mass is 200 g/mol. The summed E-state index contributed by atoms with van der Waals surface area (Å²) in [4.78, 5) is 8.12. The highest BCUT2D eigenvalue weighted by molar-refractivity contribution is 5.20. The summed E-state index contributed by atoms with van der Waals surface area (Å²) in [5.41, 5.74) is 2.44. The van der Waals surface area contributed by atoms with Crippen LogP contribution in [0.25, 0.3) is 0 Å².